The zero-order valence-corrected chi connectivity index (χ0v) is 6.98. The maximum Gasteiger partial charge on any atom is 0.278 e. The molecule has 5 heteroatoms. The third-order valence-corrected chi connectivity index (χ3v) is 2.94. The lowest BCUT2D eigenvalue weighted by molar-refractivity contribution is 0.503. The Balaban J connectivity index is 3.87. The molecule has 0 aromatic carbocycles. The Morgan fingerprint density at radius 2 is 2.11 bits per heavy atom. The molecule has 0 aromatic rings. The molecule has 0 aliphatic rings. The van der Waals surface area contributed by atoms with Gasteiger partial charge in [0.2, 0.25) is 0 Å². The lowest BCUT2D eigenvalue weighted by Gasteiger charge is -2.19. The highest BCUT2D eigenvalue weighted by Crippen LogP contribution is 2.31. The summed E-state index contributed by atoms with van der Waals surface area (Å²) in [5, 5.41) is 2.68. The van der Waals surface area contributed by atoms with Gasteiger partial charge in [0.25, 0.3) is 7.59 Å². The van der Waals surface area contributed by atoms with E-state index in [0.717, 1.165) is 0 Å². The first-order valence-corrected chi connectivity index (χ1v) is 4.55. The van der Waals surface area contributed by atoms with Crippen LogP contribution >= 0.6 is 7.59 Å². The molecule has 4 nitrogen and oxygen atoms in total. The summed E-state index contributed by atoms with van der Waals surface area (Å²) in [6.45, 7) is 2.50. The largest absolute Gasteiger partial charge is 0.278 e. The predicted octanol–water partition coefficient (Wildman–Crippen LogP) is 0.224. The van der Waals surface area contributed by atoms with Crippen LogP contribution in [0.15, 0.2) is 0 Å². The van der Waals surface area contributed by atoms with E-state index < -0.39 is 7.59 Å². The van der Waals surface area contributed by atoms with Crippen LogP contribution in [0.3, 0.4) is 0 Å². The Hall–Kier alpha value is 0.110. The summed E-state index contributed by atoms with van der Waals surface area (Å²) in [6, 6.07) is 0. The lowest BCUT2D eigenvalue weighted by Crippen LogP contribution is -2.26. The Labute approximate surface area is 55.9 Å². The molecule has 0 spiro atoms. The summed E-state index contributed by atoms with van der Waals surface area (Å²) in [5.74, 6) is 0. The van der Waals surface area contributed by atoms with Gasteiger partial charge >= 0.3 is 0 Å². The van der Waals surface area contributed by atoms with Crippen LogP contribution in [0.4, 0.5) is 0 Å². The normalized spacial score (nSPS) is 17.9. The fourth-order valence-corrected chi connectivity index (χ4v) is 1.10. The predicted molar refractivity (Wildman–Crippen MR) is 39.2 cm³/mol. The molecular formula is C4H14N3OP. The minimum atomic E-state index is -2.68. The number of nitrogens with two attached hydrogens (primary N) is 1. The van der Waals surface area contributed by atoms with Gasteiger partial charge in [-0.2, -0.15) is 0 Å². The Morgan fingerprint density at radius 3 is 2.22 bits per heavy atom. The van der Waals surface area contributed by atoms with Gasteiger partial charge in [-0.15, -0.1) is 0 Å². The molecule has 0 bridgehead atoms. The molecule has 0 amide bonds. The van der Waals surface area contributed by atoms with Crippen molar-refractivity contribution < 1.29 is 4.57 Å². The van der Waals surface area contributed by atoms with E-state index in [1.807, 2.05) is 6.92 Å². The zero-order chi connectivity index (χ0) is 7.49. The van der Waals surface area contributed by atoms with Crippen molar-refractivity contribution in [3.05, 3.63) is 0 Å². The summed E-state index contributed by atoms with van der Waals surface area (Å²) in [7, 11) is 0.687. The van der Waals surface area contributed by atoms with Crippen molar-refractivity contribution in [1.82, 2.24) is 9.76 Å². The SMILES string of the molecule is CCNP(N)(=O)N(C)C. The first-order chi connectivity index (χ1) is 4.00. The number of nitrogens with zero attached hydrogens (tertiary/aromatic N) is 1. The molecule has 0 aliphatic heterocycles. The minimum Gasteiger partial charge on any atom is -0.271 e. The molecular weight excluding hydrogens is 137 g/mol. The zero-order valence-electron chi connectivity index (χ0n) is 6.09. The fraction of sp³-hybridized carbons (Fsp3) is 1.00. The van der Waals surface area contributed by atoms with Gasteiger partial charge in [-0.25, -0.2) is 9.76 Å². The molecule has 0 heterocycles. The molecule has 0 fully saturated rings. The molecule has 0 rings (SSSR count). The van der Waals surface area contributed by atoms with Crippen LogP contribution in [0.25, 0.3) is 0 Å². The molecule has 0 aromatic heterocycles. The highest BCUT2D eigenvalue weighted by Gasteiger charge is 2.15. The quantitative estimate of drug-likeness (QED) is 0.566. The van der Waals surface area contributed by atoms with Crippen molar-refractivity contribution in [3.8, 4) is 0 Å². The van der Waals surface area contributed by atoms with Gasteiger partial charge in [-0.05, 0) is 14.1 Å². The van der Waals surface area contributed by atoms with Crippen molar-refractivity contribution in [3.63, 3.8) is 0 Å². The van der Waals surface area contributed by atoms with Crippen molar-refractivity contribution in [1.29, 1.82) is 0 Å². The van der Waals surface area contributed by atoms with Gasteiger partial charge < -0.3 is 0 Å². The lowest BCUT2D eigenvalue weighted by atomic mass is 10.8. The summed E-state index contributed by atoms with van der Waals surface area (Å²) in [6.07, 6.45) is 0. The van der Waals surface area contributed by atoms with E-state index in [2.05, 4.69) is 5.09 Å². The summed E-state index contributed by atoms with van der Waals surface area (Å²) in [4.78, 5) is 0. The van der Waals surface area contributed by atoms with Gasteiger partial charge in [0.15, 0.2) is 0 Å². The van der Waals surface area contributed by atoms with E-state index in [1.54, 1.807) is 14.1 Å². The van der Waals surface area contributed by atoms with Crippen LogP contribution in [0, 0.1) is 0 Å². The van der Waals surface area contributed by atoms with Crippen LogP contribution in [0.2, 0.25) is 0 Å². The Bertz CT molecular complexity index is 125. The minimum absolute atomic E-state index is 0.631. The molecule has 1 unspecified atom stereocenters. The van der Waals surface area contributed by atoms with E-state index in [1.165, 1.54) is 4.67 Å². The average molecular weight is 151 g/mol. The van der Waals surface area contributed by atoms with Crippen LogP contribution in [-0.4, -0.2) is 25.3 Å². The standard InChI is InChI=1S/C4H14N3OP/c1-4-6-9(5,8)7(2)3/h4H2,1-3H3,(H3,5,6,8). The van der Waals surface area contributed by atoms with E-state index in [-0.39, 0.29) is 0 Å². The second kappa shape index (κ2) is 3.32. The van der Waals surface area contributed by atoms with Crippen LogP contribution in [-0.2, 0) is 4.57 Å². The summed E-state index contributed by atoms with van der Waals surface area (Å²) in [5.41, 5.74) is 5.34. The van der Waals surface area contributed by atoms with Gasteiger partial charge in [-0.1, -0.05) is 6.92 Å². The Kier molecular flexibility index (Phi) is 3.36. The van der Waals surface area contributed by atoms with Gasteiger partial charge in [0, 0.05) is 6.54 Å². The Morgan fingerprint density at radius 1 is 1.67 bits per heavy atom. The fourth-order valence-electron chi connectivity index (χ4n) is 0.368. The molecule has 0 saturated carbocycles. The monoisotopic (exact) mass is 151 g/mol. The number of hydrogen-bond acceptors (Lipinski definition) is 1. The first kappa shape index (κ1) is 9.11. The van der Waals surface area contributed by atoms with E-state index in [0.29, 0.717) is 6.54 Å². The number of nitrogens with one attached hydrogen (secondary N) is 1. The number of hydrogen-bond donors (Lipinski definition) is 2. The second-order valence-electron chi connectivity index (χ2n) is 1.98. The van der Waals surface area contributed by atoms with E-state index in [4.69, 9.17) is 5.50 Å². The van der Waals surface area contributed by atoms with Crippen molar-refractivity contribution >= 4 is 7.59 Å². The topological polar surface area (TPSA) is 58.4 Å². The smallest absolute Gasteiger partial charge is 0.271 e. The molecule has 0 radical (unpaired) electrons. The van der Waals surface area contributed by atoms with Crippen molar-refractivity contribution in [2.24, 2.45) is 5.50 Å². The van der Waals surface area contributed by atoms with E-state index in [9.17, 15) is 4.57 Å². The molecule has 0 aliphatic carbocycles. The van der Waals surface area contributed by atoms with Gasteiger partial charge in [0.05, 0.1) is 0 Å². The average Bonchev–Trinajstić information content (AvgIpc) is 1.65. The molecule has 56 valence electrons. The van der Waals surface area contributed by atoms with Crippen molar-refractivity contribution in [2.45, 2.75) is 6.92 Å². The third kappa shape index (κ3) is 2.96. The van der Waals surface area contributed by atoms with Crippen LogP contribution < -0.4 is 10.6 Å². The molecule has 1 atom stereocenters. The van der Waals surface area contributed by atoms with Crippen molar-refractivity contribution in [2.75, 3.05) is 20.6 Å². The van der Waals surface area contributed by atoms with Gasteiger partial charge in [0.1, 0.15) is 0 Å². The maximum absolute atomic E-state index is 11.1. The maximum atomic E-state index is 11.1. The summed E-state index contributed by atoms with van der Waals surface area (Å²) < 4.78 is 12.6. The second-order valence-corrected chi connectivity index (χ2v) is 4.34. The van der Waals surface area contributed by atoms with Crippen LogP contribution in [0.5, 0.6) is 0 Å². The van der Waals surface area contributed by atoms with Gasteiger partial charge in [-0.3, -0.25) is 10.1 Å². The molecule has 3 N–H and O–H groups in total. The van der Waals surface area contributed by atoms with Crippen LogP contribution in [0.1, 0.15) is 6.92 Å². The van der Waals surface area contributed by atoms with E-state index >= 15 is 0 Å². The third-order valence-electron chi connectivity index (χ3n) is 0.979. The molecule has 9 heavy (non-hydrogen) atoms. The highest BCUT2D eigenvalue weighted by molar-refractivity contribution is 7.56. The first-order valence-electron chi connectivity index (χ1n) is 2.82. The number of rotatable bonds is 3. The summed E-state index contributed by atoms with van der Waals surface area (Å²) >= 11 is 0. The molecule has 0 saturated heterocycles. The highest BCUT2D eigenvalue weighted by atomic mass is 31.2.